The van der Waals surface area contributed by atoms with Crippen LogP contribution < -0.4 is 11.2 Å². The first-order valence-electron chi connectivity index (χ1n) is 6.43. The first kappa shape index (κ1) is 12.5. The van der Waals surface area contributed by atoms with Crippen LogP contribution in [-0.4, -0.2) is 29.6 Å². The zero-order valence-corrected chi connectivity index (χ0v) is 10.5. The summed E-state index contributed by atoms with van der Waals surface area (Å²) in [7, 11) is 0. The molecule has 0 saturated carbocycles. The minimum Gasteiger partial charge on any atom is -0.329 e. The number of nitrogens with two attached hydrogens (primary N) is 1. The van der Waals surface area contributed by atoms with Crippen LogP contribution in [0.2, 0.25) is 0 Å². The van der Waals surface area contributed by atoms with E-state index < -0.39 is 0 Å². The fourth-order valence-electron chi connectivity index (χ4n) is 2.19. The molecule has 1 aliphatic heterocycles. The van der Waals surface area contributed by atoms with E-state index in [4.69, 9.17) is 5.73 Å². The van der Waals surface area contributed by atoms with Crippen LogP contribution in [0.15, 0.2) is 18.3 Å². The zero-order chi connectivity index (χ0) is 12.1. The van der Waals surface area contributed by atoms with Crippen molar-refractivity contribution in [1.82, 2.24) is 15.4 Å². The quantitative estimate of drug-likeness (QED) is 0.826. The van der Waals surface area contributed by atoms with E-state index in [1.165, 1.54) is 24.8 Å². The maximum atomic E-state index is 5.84. The number of hydrogen-bond donors (Lipinski definition) is 2. The third kappa shape index (κ3) is 3.49. The summed E-state index contributed by atoms with van der Waals surface area (Å²) >= 11 is 0. The second kappa shape index (κ2) is 6.10. The molecular formula is C13H22N4. The number of piperidine rings is 1. The van der Waals surface area contributed by atoms with Crippen molar-refractivity contribution in [1.29, 1.82) is 0 Å². The fraction of sp³-hybridized carbons (Fsp3) is 0.615. The van der Waals surface area contributed by atoms with Crippen molar-refractivity contribution in [2.45, 2.75) is 32.2 Å². The molecule has 1 aromatic rings. The average molecular weight is 234 g/mol. The lowest BCUT2D eigenvalue weighted by Gasteiger charge is -2.31. The van der Waals surface area contributed by atoms with E-state index in [1.807, 2.05) is 19.2 Å². The summed E-state index contributed by atoms with van der Waals surface area (Å²) < 4.78 is 0. The molecule has 0 aliphatic carbocycles. The Morgan fingerprint density at radius 2 is 2.12 bits per heavy atom. The summed E-state index contributed by atoms with van der Waals surface area (Å²) in [6, 6.07) is 4.33. The Kier molecular flexibility index (Phi) is 4.48. The highest BCUT2D eigenvalue weighted by Crippen LogP contribution is 2.14. The average Bonchev–Trinajstić information content (AvgIpc) is 2.38. The van der Waals surface area contributed by atoms with Crippen LogP contribution in [0.5, 0.6) is 0 Å². The third-order valence-corrected chi connectivity index (χ3v) is 3.27. The Balaban J connectivity index is 1.97. The molecule has 17 heavy (non-hydrogen) atoms. The molecule has 0 aromatic carbocycles. The summed E-state index contributed by atoms with van der Waals surface area (Å²) in [5.41, 5.74) is 11.6. The van der Waals surface area contributed by atoms with Gasteiger partial charge in [-0.05, 0) is 31.4 Å². The molecule has 0 amide bonds. The van der Waals surface area contributed by atoms with Crippen LogP contribution in [-0.2, 0) is 0 Å². The number of rotatable bonds is 4. The van der Waals surface area contributed by atoms with Crippen molar-refractivity contribution >= 4 is 0 Å². The van der Waals surface area contributed by atoms with Crippen LogP contribution >= 0.6 is 0 Å². The molecule has 4 heteroatoms. The van der Waals surface area contributed by atoms with Gasteiger partial charge in [-0.1, -0.05) is 12.5 Å². The van der Waals surface area contributed by atoms with Crippen molar-refractivity contribution in [3.63, 3.8) is 0 Å². The smallest absolute Gasteiger partial charge is 0.0602 e. The lowest BCUT2D eigenvalue weighted by atomic mass is 10.1. The number of pyridine rings is 1. The standard InChI is InChI=1S/C13H22N4/c1-11-5-6-12(10-15-11)13(9-14)16-17-7-3-2-4-8-17/h5-6,10,13,16H,2-4,7-9,14H2,1H3. The molecule has 3 N–H and O–H groups in total. The van der Waals surface area contributed by atoms with E-state index in [0.717, 1.165) is 18.8 Å². The lowest BCUT2D eigenvalue weighted by molar-refractivity contribution is 0.130. The summed E-state index contributed by atoms with van der Waals surface area (Å²) in [6.45, 7) is 4.84. The predicted octanol–water partition coefficient (Wildman–Crippen LogP) is 1.38. The summed E-state index contributed by atoms with van der Waals surface area (Å²) in [5.74, 6) is 0. The van der Waals surface area contributed by atoms with E-state index in [9.17, 15) is 0 Å². The van der Waals surface area contributed by atoms with E-state index in [1.54, 1.807) is 0 Å². The Labute approximate surface area is 103 Å². The monoisotopic (exact) mass is 234 g/mol. The summed E-state index contributed by atoms with van der Waals surface area (Å²) in [6.07, 6.45) is 5.81. The molecule has 1 fully saturated rings. The highest BCUT2D eigenvalue weighted by Gasteiger charge is 2.16. The highest BCUT2D eigenvalue weighted by atomic mass is 15.5. The predicted molar refractivity (Wildman–Crippen MR) is 69.3 cm³/mol. The van der Waals surface area contributed by atoms with E-state index in [2.05, 4.69) is 21.5 Å². The van der Waals surface area contributed by atoms with Gasteiger partial charge in [0, 0.05) is 31.5 Å². The Bertz CT molecular complexity index is 330. The molecule has 1 saturated heterocycles. The Hall–Kier alpha value is -0.970. The minimum absolute atomic E-state index is 0.182. The SMILES string of the molecule is Cc1ccc(C(CN)NN2CCCCC2)cn1. The number of nitrogens with zero attached hydrogens (tertiary/aromatic N) is 2. The summed E-state index contributed by atoms with van der Waals surface area (Å²) in [4.78, 5) is 4.33. The van der Waals surface area contributed by atoms with Gasteiger partial charge >= 0.3 is 0 Å². The third-order valence-electron chi connectivity index (χ3n) is 3.27. The first-order chi connectivity index (χ1) is 8.29. The van der Waals surface area contributed by atoms with Crippen LogP contribution in [0.4, 0.5) is 0 Å². The van der Waals surface area contributed by atoms with Gasteiger partial charge in [0.05, 0.1) is 6.04 Å². The van der Waals surface area contributed by atoms with E-state index >= 15 is 0 Å². The second-order valence-corrected chi connectivity index (χ2v) is 4.70. The van der Waals surface area contributed by atoms with Crippen LogP contribution in [0.3, 0.4) is 0 Å². The van der Waals surface area contributed by atoms with Crippen LogP contribution in [0, 0.1) is 6.92 Å². The molecule has 0 bridgehead atoms. The van der Waals surface area contributed by atoms with Crippen LogP contribution in [0.1, 0.15) is 36.6 Å². The first-order valence-corrected chi connectivity index (χ1v) is 6.43. The van der Waals surface area contributed by atoms with Gasteiger partial charge in [0.25, 0.3) is 0 Å². The number of hydrogen-bond acceptors (Lipinski definition) is 4. The number of hydrazine groups is 1. The maximum Gasteiger partial charge on any atom is 0.0602 e. The molecule has 2 heterocycles. The van der Waals surface area contributed by atoms with Gasteiger partial charge in [-0.15, -0.1) is 0 Å². The molecule has 1 aliphatic rings. The van der Waals surface area contributed by atoms with Gasteiger partial charge < -0.3 is 5.73 Å². The maximum absolute atomic E-state index is 5.84. The fourth-order valence-corrected chi connectivity index (χ4v) is 2.19. The molecule has 1 atom stereocenters. The second-order valence-electron chi connectivity index (χ2n) is 4.70. The summed E-state index contributed by atoms with van der Waals surface area (Å²) in [5, 5.41) is 2.29. The number of aryl methyl sites for hydroxylation is 1. The molecule has 0 radical (unpaired) electrons. The molecule has 2 rings (SSSR count). The molecule has 0 spiro atoms. The number of aromatic nitrogens is 1. The van der Waals surface area contributed by atoms with Crippen molar-refractivity contribution in [2.24, 2.45) is 5.73 Å². The van der Waals surface area contributed by atoms with Gasteiger partial charge in [-0.2, -0.15) is 0 Å². The molecular weight excluding hydrogens is 212 g/mol. The van der Waals surface area contributed by atoms with E-state index in [0.29, 0.717) is 6.54 Å². The molecule has 1 aromatic heterocycles. The van der Waals surface area contributed by atoms with Gasteiger partial charge in [-0.3, -0.25) is 4.98 Å². The van der Waals surface area contributed by atoms with Crippen molar-refractivity contribution in [3.05, 3.63) is 29.6 Å². The topological polar surface area (TPSA) is 54.2 Å². The molecule has 94 valence electrons. The number of nitrogens with one attached hydrogen (secondary N) is 1. The zero-order valence-electron chi connectivity index (χ0n) is 10.5. The molecule has 4 nitrogen and oxygen atoms in total. The Morgan fingerprint density at radius 3 is 2.71 bits per heavy atom. The van der Waals surface area contributed by atoms with Gasteiger partial charge in [-0.25, -0.2) is 10.4 Å². The largest absolute Gasteiger partial charge is 0.329 e. The Morgan fingerprint density at radius 1 is 1.35 bits per heavy atom. The van der Waals surface area contributed by atoms with Crippen LogP contribution in [0.25, 0.3) is 0 Å². The van der Waals surface area contributed by atoms with Crippen molar-refractivity contribution in [2.75, 3.05) is 19.6 Å². The highest BCUT2D eigenvalue weighted by molar-refractivity contribution is 5.17. The van der Waals surface area contributed by atoms with Crippen molar-refractivity contribution < 1.29 is 0 Å². The lowest BCUT2D eigenvalue weighted by Crippen LogP contribution is -2.45. The van der Waals surface area contributed by atoms with Gasteiger partial charge in [0.1, 0.15) is 0 Å². The van der Waals surface area contributed by atoms with E-state index in [-0.39, 0.29) is 6.04 Å². The van der Waals surface area contributed by atoms with Gasteiger partial charge in [0.2, 0.25) is 0 Å². The minimum atomic E-state index is 0.182. The van der Waals surface area contributed by atoms with Crippen molar-refractivity contribution in [3.8, 4) is 0 Å². The molecule has 1 unspecified atom stereocenters. The normalized spacial score (nSPS) is 19.2. The van der Waals surface area contributed by atoms with Gasteiger partial charge in [0.15, 0.2) is 0 Å².